The Morgan fingerprint density at radius 1 is 1.00 bits per heavy atom. The summed E-state index contributed by atoms with van der Waals surface area (Å²) in [4.78, 5) is 12.6. The predicted molar refractivity (Wildman–Crippen MR) is 71.5 cm³/mol. The highest BCUT2D eigenvalue weighted by Crippen LogP contribution is 2.20. The van der Waals surface area contributed by atoms with Gasteiger partial charge in [-0.1, -0.05) is 12.1 Å². The molecule has 0 aliphatic rings. The molecule has 0 unspecified atom stereocenters. The van der Waals surface area contributed by atoms with Crippen molar-refractivity contribution >= 4 is 28.4 Å². The van der Waals surface area contributed by atoms with Gasteiger partial charge in [-0.3, -0.25) is 4.98 Å². The molecule has 5 nitrogen and oxygen atoms in total. The molecule has 1 aromatic carbocycles. The number of nitrogens with zero attached hydrogens (tertiary/aromatic N) is 3. The van der Waals surface area contributed by atoms with Crippen LogP contribution in [0, 0.1) is 0 Å². The number of pyridine rings is 1. The molecular weight excluding hydrogens is 226 g/mol. The molecule has 0 aliphatic carbocycles. The normalized spacial score (nSPS) is 10.4. The van der Waals surface area contributed by atoms with Crippen molar-refractivity contribution in [1.82, 2.24) is 15.0 Å². The van der Waals surface area contributed by atoms with Crippen LogP contribution < -0.4 is 11.1 Å². The maximum atomic E-state index is 5.90. The van der Waals surface area contributed by atoms with Crippen LogP contribution in [0.2, 0.25) is 0 Å². The van der Waals surface area contributed by atoms with Crippen molar-refractivity contribution < 1.29 is 0 Å². The van der Waals surface area contributed by atoms with Crippen LogP contribution in [0.15, 0.2) is 48.8 Å². The maximum absolute atomic E-state index is 5.90. The van der Waals surface area contributed by atoms with Crippen molar-refractivity contribution in [3.63, 3.8) is 0 Å². The van der Waals surface area contributed by atoms with E-state index in [2.05, 4.69) is 20.3 Å². The number of hydrogen-bond donors (Lipinski definition) is 2. The number of nitrogen functional groups attached to an aromatic ring is 1. The highest BCUT2D eigenvalue weighted by Gasteiger charge is 2.04. The predicted octanol–water partition coefficient (Wildman–Crippen LogP) is 2.35. The molecule has 3 N–H and O–H groups in total. The van der Waals surface area contributed by atoms with Crippen LogP contribution in [0.5, 0.6) is 0 Å². The molecule has 3 rings (SSSR count). The average molecular weight is 237 g/mol. The van der Waals surface area contributed by atoms with Gasteiger partial charge in [0.25, 0.3) is 0 Å². The highest BCUT2D eigenvalue weighted by atomic mass is 15.1. The standard InChI is InChI=1S/C13H11N5/c14-12-10-5-1-2-6-11(10)17-13(18-12)16-9-4-3-7-15-8-9/h1-8H,(H3,14,16,17,18). The summed E-state index contributed by atoms with van der Waals surface area (Å²) in [6.07, 6.45) is 3.41. The van der Waals surface area contributed by atoms with Gasteiger partial charge in [0.05, 0.1) is 17.4 Å². The molecule has 3 aromatic rings. The lowest BCUT2D eigenvalue weighted by atomic mass is 10.2. The summed E-state index contributed by atoms with van der Waals surface area (Å²) in [5, 5.41) is 3.93. The summed E-state index contributed by atoms with van der Waals surface area (Å²) in [6.45, 7) is 0. The van der Waals surface area contributed by atoms with E-state index in [1.54, 1.807) is 12.4 Å². The number of fused-ring (bicyclic) bond motifs is 1. The third kappa shape index (κ3) is 1.93. The van der Waals surface area contributed by atoms with Crippen LogP contribution in [-0.2, 0) is 0 Å². The second-order valence-corrected chi connectivity index (χ2v) is 3.82. The molecule has 0 spiro atoms. The van der Waals surface area contributed by atoms with Crippen molar-refractivity contribution in [1.29, 1.82) is 0 Å². The van der Waals surface area contributed by atoms with Crippen LogP contribution in [0.4, 0.5) is 17.5 Å². The van der Waals surface area contributed by atoms with Gasteiger partial charge in [-0.05, 0) is 24.3 Å². The zero-order valence-electron chi connectivity index (χ0n) is 9.54. The van der Waals surface area contributed by atoms with Gasteiger partial charge in [-0.15, -0.1) is 0 Å². The number of benzene rings is 1. The molecular formula is C13H11N5. The number of anilines is 3. The zero-order valence-corrected chi connectivity index (χ0v) is 9.54. The van der Waals surface area contributed by atoms with Gasteiger partial charge in [-0.2, -0.15) is 4.98 Å². The van der Waals surface area contributed by atoms with Gasteiger partial charge in [0, 0.05) is 11.6 Å². The first-order valence-corrected chi connectivity index (χ1v) is 5.52. The zero-order chi connectivity index (χ0) is 12.4. The highest BCUT2D eigenvalue weighted by molar-refractivity contribution is 5.89. The molecule has 0 saturated heterocycles. The smallest absolute Gasteiger partial charge is 0.229 e. The average Bonchev–Trinajstić information content (AvgIpc) is 2.40. The van der Waals surface area contributed by atoms with Crippen LogP contribution >= 0.6 is 0 Å². The van der Waals surface area contributed by atoms with Crippen molar-refractivity contribution in [2.45, 2.75) is 0 Å². The molecule has 88 valence electrons. The molecule has 0 aliphatic heterocycles. The van der Waals surface area contributed by atoms with E-state index in [9.17, 15) is 0 Å². The van der Waals surface area contributed by atoms with Gasteiger partial charge < -0.3 is 11.1 Å². The van der Waals surface area contributed by atoms with Crippen LogP contribution in [0.25, 0.3) is 10.9 Å². The Labute approximate surface area is 104 Å². The third-order valence-corrected chi connectivity index (χ3v) is 2.55. The van der Waals surface area contributed by atoms with Gasteiger partial charge in [-0.25, -0.2) is 4.98 Å². The van der Waals surface area contributed by atoms with E-state index in [1.165, 1.54) is 0 Å². The van der Waals surface area contributed by atoms with Crippen molar-refractivity contribution in [2.24, 2.45) is 0 Å². The Kier molecular flexibility index (Phi) is 2.49. The quantitative estimate of drug-likeness (QED) is 0.715. The van der Waals surface area contributed by atoms with E-state index < -0.39 is 0 Å². The topological polar surface area (TPSA) is 76.7 Å². The van der Waals surface area contributed by atoms with E-state index in [-0.39, 0.29) is 0 Å². The first-order valence-electron chi connectivity index (χ1n) is 5.52. The van der Waals surface area contributed by atoms with E-state index in [4.69, 9.17) is 5.73 Å². The van der Waals surface area contributed by atoms with Crippen LogP contribution in [-0.4, -0.2) is 15.0 Å². The summed E-state index contributed by atoms with van der Waals surface area (Å²) in [6, 6.07) is 11.4. The fraction of sp³-hybridized carbons (Fsp3) is 0. The molecule has 2 heterocycles. The molecule has 2 aromatic heterocycles. The Morgan fingerprint density at radius 2 is 1.89 bits per heavy atom. The third-order valence-electron chi connectivity index (χ3n) is 2.55. The van der Waals surface area contributed by atoms with Crippen LogP contribution in [0.3, 0.4) is 0 Å². The van der Waals surface area contributed by atoms with E-state index >= 15 is 0 Å². The lowest BCUT2D eigenvalue weighted by Crippen LogP contribution is -2.01. The number of para-hydroxylation sites is 1. The Hall–Kier alpha value is -2.69. The second kappa shape index (κ2) is 4.29. The number of rotatable bonds is 2. The van der Waals surface area contributed by atoms with E-state index in [1.807, 2.05) is 36.4 Å². The maximum Gasteiger partial charge on any atom is 0.229 e. The molecule has 0 amide bonds. The number of hydrogen-bond acceptors (Lipinski definition) is 5. The molecule has 0 atom stereocenters. The van der Waals surface area contributed by atoms with Gasteiger partial charge >= 0.3 is 0 Å². The van der Waals surface area contributed by atoms with Gasteiger partial charge in [0.2, 0.25) is 5.95 Å². The minimum atomic E-state index is 0.465. The monoisotopic (exact) mass is 237 g/mol. The summed E-state index contributed by atoms with van der Waals surface area (Å²) in [5.41, 5.74) is 7.55. The van der Waals surface area contributed by atoms with Gasteiger partial charge in [0.1, 0.15) is 5.82 Å². The van der Waals surface area contributed by atoms with Crippen molar-refractivity contribution in [3.8, 4) is 0 Å². The Balaban J connectivity index is 2.03. The summed E-state index contributed by atoms with van der Waals surface area (Å²) in [7, 11) is 0. The lowest BCUT2D eigenvalue weighted by Gasteiger charge is -2.06. The Bertz CT molecular complexity index is 681. The molecule has 0 saturated carbocycles. The van der Waals surface area contributed by atoms with Crippen LogP contribution in [0.1, 0.15) is 0 Å². The molecule has 0 bridgehead atoms. The number of aromatic nitrogens is 3. The first kappa shape index (κ1) is 10.5. The Morgan fingerprint density at radius 3 is 2.72 bits per heavy atom. The molecule has 18 heavy (non-hydrogen) atoms. The fourth-order valence-electron chi connectivity index (χ4n) is 1.72. The fourth-order valence-corrected chi connectivity index (χ4v) is 1.72. The van der Waals surface area contributed by atoms with Crippen molar-refractivity contribution in [3.05, 3.63) is 48.8 Å². The molecule has 0 fully saturated rings. The minimum Gasteiger partial charge on any atom is -0.383 e. The van der Waals surface area contributed by atoms with Gasteiger partial charge in [0.15, 0.2) is 0 Å². The second-order valence-electron chi connectivity index (χ2n) is 3.82. The van der Waals surface area contributed by atoms with Crippen molar-refractivity contribution in [2.75, 3.05) is 11.1 Å². The minimum absolute atomic E-state index is 0.465. The SMILES string of the molecule is Nc1nc(Nc2cccnc2)nc2ccccc12. The van der Waals surface area contributed by atoms with E-state index in [0.29, 0.717) is 11.8 Å². The summed E-state index contributed by atoms with van der Waals surface area (Å²) in [5.74, 6) is 0.936. The summed E-state index contributed by atoms with van der Waals surface area (Å²) < 4.78 is 0. The summed E-state index contributed by atoms with van der Waals surface area (Å²) >= 11 is 0. The van der Waals surface area contributed by atoms with E-state index in [0.717, 1.165) is 16.6 Å². The largest absolute Gasteiger partial charge is 0.383 e. The number of nitrogens with two attached hydrogens (primary N) is 1. The lowest BCUT2D eigenvalue weighted by molar-refractivity contribution is 1.21. The first-order chi connectivity index (χ1) is 8.83. The molecule has 5 heteroatoms. The number of nitrogens with one attached hydrogen (secondary N) is 1. The molecule has 0 radical (unpaired) electrons.